The normalized spacial score (nSPS) is 35.5. The molecule has 248 valence electrons. The second-order valence-electron chi connectivity index (χ2n) is 13.3. The highest BCUT2D eigenvalue weighted by atomic mass is 17.3. The fourth-order valence-corrected chi connectivity index (χ4v) is 7.18. The third kappa shape index (κ3) is 7.35. The topological polar surface area (TPSA) is 196 Å². The molecule has 2 bridgehead atoms. The second kappa shape index (κ2) is 13.7. The summed E-state index contributed by atoms with van der Waals surface area (Å²) in [6.07, 6.45) is 0.558. The van der Waals surface area contributed by atoms with Gasteiger partial charge in [-0.15, -0.1) is 0 Å². The Hall–Kier alpha value is -2.81. The van der Waals surface area contributed by atoms with Gasteiger partial charge in [-0.2, -0.15) is 0 Å². The maximum atomic E-state index is 12.9. The molecule has 0 radical (unpaired) electrons. The van der Waals surface area contributed by atoms with Gasteiger partial charge in [0.15, 0.2) is 11.9 Å². The van der Waals surface area contributed by atoms with E-state index in [2.05, 4.69) is 17.6 Å². The number of esters is 1. The standard InChI is InChI=1S/C30H46N2O12/c1-15(2)14-21(25(37)32-20(26(38)39)8-10-23(34)35)31-22(33)9-11-24(36)40-27-17(4)19-7-6-16(3)18-12-13-29(5)42-28(41-27)30(18,19)44-43-29/h15-21,27-28H,6-14H2,1-5H3,(H,31,33)(H,32,37)(H,34,35)(H,38,39)/t16-,17-,18+,19+,20+,21+,27-,28-,29-,30-/m1/s1. The van der Waals surface area contributed by atoms with E-state index in [9.17, 15) is 29.1 Å². The molecule has 1 saturated carbocycles. The number of ether oxygens (including phenoxy) is 3. The van der Waals surface area contributed by atoms with Crippen molar-refractivity contribution >= 4 is 29.7 Å². The highest BCUT2D eigenvalue weighted by Gasteiger charge is 2.69. The van der Waals surface area contributed by atoms with Crippen LogP contribution in [0.4, 0.5) is 0 Å². The summed E-state index contributed by atoms with van der Waals surface area (Å²) >= 11 is 0. The Bertz CT molecular complexity index is 1120. The molecule has 1 spiro atoms. The number of hydrogen-bond donors (Lipinski definition) is 4. The molecule has 1 aliphatic carbocycles. The number of fused-ring (bicyclic) bond motifs is 2. The van der Waals surface area contributed by atoms with Crippen molar-refractivity contribution in [3.63, 3.8) is 0 Å². The molecule has 14 nitrogen and oxygen atoms in total. The molecule has 4 saturated heterocycles. The van der Waals surface area contributed by atoms with Crippen LogP contribution in [0, 0.1) is 29.6 Å². The van der Waals surface area contributed by atoms with Crippen LogP contribution in [0.1, 0.15) is 92.4 Å². The molecule has 0 aromatic carbocycles. The number of hydrogen-bond acceptors (Lipinski definition) is 10. The van der Waals surface area contributed by atoms with Gasteiger partial charge in [0.1, 0.15) is 12.1 Å². The van der Waals surface area contributed by atoms with Gasteiger partial charge in [0, 0.05) is 31.1 Å². The maximum Gasteiger partial charge on any atom is 0.326 e. The Morgan fingerprint density at radius 1 is 0.932 bits per heavy atom. The summed E-state index contributed by atoms with van der Waals surface area (Å²) in [6, 6.07) is -2.50. The van der Waals surface area contributed by atoms with Crippen molar-refractivity contribution < 1.29 is 58.2 Å². The van der Waals surface area contributed by atoms with Crippen LogP contribution in [0.3, 0.4) is 0 Å². The van der Waals surface area contributed by atoms with Crippen LogP contribution >= 0.6 is 0 Å². The molecular formula is C30H46N2O12. The van der Waals surface area contributed by atoms with Gasteiger partial charge in [-0.25, -0.2) is 14.6 Å². The molecule has 2 amide bonds. The lowest BCUT2D eigenvalue weighted by molar-refractivity contribution is -0.576. The van der Waals surface area contributed by atoms with Crippen LogP contribution in [0.5, 0.6) is 0 Å². The summed E-state index contributed by atoms with van der Waals surface area (Å²) < 4.78 is 18.3. The third-order valence-electron chi connectivity index (χ3n) is 9.52. The van der Waals surface area contributed by atoms with E-state index in [0.29, 0.717) is 12.3 Å². The van der Waals surface area contributed by atoms with Crippen LogP contribution in [0.25, 0.3) is 0 Å². The van der Waals surface area contributed by atoms with Crippen LogP contribution < -0.4 is 10.6 Å². The van der Waals surface area contributed by atoms with E-state index in [-0.39, 0.29) is 49.4 Å². The fraction of sp³-hybridized carbons (Fsp3) is 0.833. The predicted molar refractivity (Wildman–Crippen MR) is 150 cm³/mol. The Kier molecular flexibility index (Phi) is 10.6. The van der Waals surface area contributed by atoms with Gasteiger partial charge >= 0.3 is 17.9 Å². The molecule has 5 fully saturated rings. The lowest BCUT2D eigenvalue weighted by Gasteiger charge is -2.59. The zero-order chi connectivity index (χ0) is 32.4. The van der Waals surface area contributed by atoms with E-state index < -0.39 is 72.2 Å². The highest BCUT2D eigenvalue weighted by molar-refractivity contribution is 5.91. The number of carboxylic acid groups (broad SMARTS) is 2. The van der Waals surface area contributed by atoms with Crippen molar-refractivity contribution in [2.75, 3.05) is 0 Å². The molecule has 0 unspecified atom stereocenters. The largest absolute Gasteiger partial charge is 0.481 e. The number of amides is 2. The summed E-state index contributed by atoms with van der Waals surface area (Å²) in [4.78, 5) is 72.8. The number of rotatable bonds is 13. The molecule has 0 aromatic heterocycles. The summed E-state index contributed by atoms with van der Waals surface area (Å²) in [5.74, 6) is -5.28. The van der Waals surface area contributed by atoms with Gasteiger partial charge in [-0.1, -0.05) is 27.7 Å². The number of carbonyl (C=O) groups excluding carboxylic acids is 3. The predicted octanol–water partition coefficient (Wildman–Crippen LogP) is 2.48. The van der Waals surface area contributed by atoms with Gasteiger partial charge in [0.2, 0.25) is 23.9 Å². The number of nitrogens with one attached hydrogen (secondary N) is 2. The fourth-order valence-electron chi connectivity index (χ4n) is 7.18. The average Bonchev–Trinajstić information content (AvgIpc) is 3.17. The lowest BCUT2D eigenvalue weighted by Crippen LogP contribution is -2.70. The molecule has 10 atom stereocenters. The van der Waals surface area contributed by atoms with Crippen LogP contribution in [-0.2, 0) is 48.0 Å². The Balaban J connectivity index is 1.34. The quantitative estimate of drug-likeness (QED) is 0.172. The van der Waals surface area contributed by atoms with Crippen molar-refractivity contribution in [1.82, 2.24) is 10.6 Å². The van der Waals surface area contributed by atoms with Gasteiger partial charge in [0.05, 0.1) is 6.42 Å². The van der Waals surface area contributed by atoms with Crippen LogP contribution in [-0.4, -0.2) is 76.0 Å². The highest BCUT2D eigenvalue weighted by Crippen LogP contribution is 2.60. The van der Waals surface area contributed by atoms with Gasteiger partial charge in [-0.3, -0.25) is 19.2 Å². The Morgan fingerprint density at radius 2 is 1.66 bits per heavy atom. The molecule has 14 heteroatoms. The van der Waals surface area contributed by atoms with E-state index in [1.165, 1.54) is 0 Å². The maximum absolute atomic E-state index is 12.9. The van der Waals surface area contributed by atoms with Crippen molar-refractivity contribution in [3.8, 4) is 0 Å². The van der Waals surface area contributed by atoms with Crippen molar-refractivity contribution in [2.24, 2.45) is 29.6 Å². The Labute approximate surface area is 256 Å². The first-order valence-corrected chi connectivity index (χ1v) is 15.6. The molecular weight excluding hydrogens is 580 g/mol. The number of aliphatic carboxylic acids is 2. The SMILES string of the molecule is CC(C)C[C@H](NC(=O)CCC(=O)O[C@@H]1O[C@@H]2O[C@@]3(C)CC[C@H]4[C@H](C)CC[C@@H]([C@H]1C)[C@@]24OO3)C(=O)N[C@@H](CCC(=O)O)C(=O)O. The molecule has 5 aliphatic rings. The molecule has 5 rings (SSSR count). The lowest BCUT2D eigenvalue weighted by atomic mass is 9.58. The summed E-state index contributed by atoms with van der Waals surface area (Å²) in [7, 11) is 0. The minimum Gasteiger partial charge on any atom is -0.481 e. The van der Waals surface area contributed by atoms with Crippen LogP contribution in [0.2, 0.25) is 0 Å². The van der Waals surface area contributed by atoms with E-state index >= 15 is 0 Å². The average molecular weight is 627 g/mol. The first kappa shape index (κ1) is 34.1. The molecule has 4 heterocycles. The summed E-state index contributed by atoms with van der Waals surface area (Å²) in [5.41, 5.74) is -0.796. The monoisotopic (exact) mass is 626 g/mol. The van der Waals surface area contributed by atoms with E-state index in [0.717, 1.165) is 19.3 Å². The zero-order valence-corrected chi connectivity index (χ0v) is 26.0. The summed E-state index contributed by atoms with van der Waals surface area (Å²) in [5, 5.41) is 23.1. The molecule has 4 N–H and O–H groups in total. The minimum atomic E-state index is -1.42. The summed E-state index contributed by atoms with van der Waals surface area (Å²) in [6.45, 7) is 9.62. The van der Waals surface area contributed by atoms with Crippen molar-refractivity contribution in [3.05, 3.63) is 0 Å². The zero-order valence-electron chi connectivity index (χ0n) is 26.0. The molecule has 4 aliphatic heterocycles. The number of carbonyl (C=O) groups is 5. The minimum absolute atomic E-state index is 0.0352. The third-order valence-corrected chi connectivity index (χ3v) is 9.52. The van der Waals surface area contributed by atoms with Crippen molar-refractivity contribution in [2.45, 2.75) is 128 Å². The van der Waals surface area contributed by atoms with Gasteiger partial charge in [-0.05, 0) is 56.8 Å². The first-order valence-electron chi connectivity index (χ1n) is 15.6. The molecule has 0 aromatic rings. The Morgan fingerprint density at radius 3 is 2.32 bits per heavy atom. The van der Waals surface area contributed by atoms with E-state index in [1.54, 1.807) is 0 Å². The van der Waals surface area contributed by atoms with E-state index in [4.69, 9.17) is 29.1 Å². The second-order valence-corrected chi connectivity index (χ2v) is 13.3. The number of carboxylic acids is 2. The van der Waals surface area contributed by atoms with Gasteiger partial charge < -0.3 is 35.1 Å². The smallest absolute Gasteiger partial charge is 0.326 e. The van der Waals surface area contributed by atoms with E-state index in [1.807, 2.05) is 27.7 Å². The molecule has 44 heavy (non-hydrogen) atoms. The van der Waals surface area contributed by atoms with Crippen molar-refractivity contribution in [1.29, 1.82) is 0 Å². The van der Waals surface area contributed by atoms with Gasteiger partial charge in [0.25, 0.3) is 0 Å². The first-order chi connectivity index (χ1) is 20.6. The van der Waals surface area contributed by atoms with Crippen LogP contribution in [0.15, 0.2) is 0 Å².